The van der Waals surface area contributed by atoms with Crippen LogP contribution in [0.2, 0.25) is 0 Å². The van der Waals surface area contributed by atoms with Crippen LogP contribution in [0.1, 0.15) is 0 Å². The third-order valence-corrected chi connectivity index (χ3v) is 1.75. The molecule has 0 atom stereocenters. The van der Waals surface area contributed by atoms with Crippen LogP contribution in [0.15, 0.2) is 29.5 Å². The summed E-state index contributed by atoms with van der Waals surface area (Å²) in [5.74, 6) is 0. The van der Waals surface area contributed by atoms with Gasteiger partial charge < -0.3 is 5.32 Å². The van der Waals surface area contributed by atoms with Crippen LogP contribution < -0.4 is 5.32 Å². The van der Waals surface area contributed by atoms with Crippen LogP contribution in [0, 0.1) is 10.1 Å². The second-order valence-corrected chi connectivity index (χ2v) is 3.64. The van der Waals surface area contributed by atoms with Gasteiger partial charge in [-0.25, -0.2) is 0 Å². The first-order chi connectivity index (χ1) is 6.61. The molecule has 74 valence electrons. The molecule has 1 aromatic rings. The summed E-state index contributed by atoms with van der Waals surface area (Å²) in [6.07, 6.45) is 2.70. The van der Waals surface area contributed by atoms with Gasteiger partial charge in [0.1, 0.15) is 11.9 Å². The highest BCUT2D eigenvalue weighted by Gasteiger charge is 2.12. The molecule has 6 heteroatoms. The summed E-state index contributed by atoms with van der Waals surface area (Å²) in [4.78, 5) is 13.8. The highest BCUT2D eigenvalue weighted by atomic mass is 79.9. The molecule has 14 heavy (non-hydrogen) atoms. The van der Waals surface area contributed by atoms with Gasteiger partial charge in [0.2, 0.25) is 0 Å². The average Bonchev–Trinajstić information content (AvgIpc) is 2.15. The maximum atomic E-state index is 10.6. The lowest BCUT2D eigenvalue weighted by molar-refractivity contribution is -0.384. The molecular formula is C8H8BrN3O2. The smallest absolute Gasteiger partial charge is 0.310 e. The maximum Gasteiger partial charge on any atom is 0.310 e. The summed E-state index contributed by atoms with van der Waals surface area (Å²) in [7, 11) is 0. The van der Waals surface area contributed by atoms with Gasteiger partial charge in [-0.3, -0.25) is 15.1 Å². The fraction of sp³-hybridized carbons (Fsp3) is 0.125. The minimum atomic E-state index is -0.480. The van der Waals surface area contributed by atoms with E-state index in [-0.39, 0.29) is 5.69 Å². The molecule has 0 unspecified atom stereocenters. The molecule has 0 spiro atoms. The molecule has 0 saturated carbocycles. The quantitative estimate of drug-likeness (QED) is 0.664. The van der Waals surface area contributed by atoms with Crippen molar-refractivity contribution < 1.29 is 4.92 Å². The van der Waals surface area contributed by atoms with Crippen LogP contribution in [0.3, 0.4) is 0 Å². The van der Waals surface area contributed by atoms with Crippen molar-refractivity contribution in [3.05, 3.63) is 39.6 Å². The maximum absolute atomic E-state index is 10.6. The van der Waals surface area contributed by atoms with Crippen molar-refractivity contribution in [2.24, 2.45) is 0 Å². The van der Waals surface area contributed by atoms with Gasteiger partial charge in [0.05, 0.1) is 4.92 Å². The zero-order chi connectivity index (χ0) is 10.6. The summed E-state index contributed by atoms with van der Waals surface area (Å²) in [6, 6.07) is 1.55. The number of nitro groups is 1. The lowest BCUT2D eigenvalue weighted by Gasteiger charge is -2.04. The van der Waals surface area contributed by atoms with Crippen molar-refractivity contribution >= 4 is 27.3 Å². The van der Waals surface area contributed by atoms with E-state index in [4.69, 9.17) is 0 Å². The standard InChI is InChI=1S/C8H8BrN3O2/c1-6(9)4-11-7-2-3-10-5-8(7)12(13)14/h2-3,5H,1,4H2,(H,10,11). The van der Waals surface area contributed by atoms with E-state index in [0.717, 1.165) is 4.48 Å². The Morgan fingerprint density at radius 1 is 1.79 bits per heavy atom. The van der Waals surface area contributed by atoms with Crippen molar-refractivity contribution in [1.29, 1.82) is 0 Å². The first-order valence-electron chi connectivity index (χ1n) is 3.77. The number of rotatable bonds is 4. The summed E-state index contributed by atoms with van der Waals surface area (Å²) in [5, 5.41) is 13.4. The summed E-state index contributed by atoms with van der Waals surface area (Å²) < 4.78 is 0.726. The Bertz CT molecular complexity index is 367. The molecule has 0 radical (unpaired) electrons. The fourth-order valence-electron chi connectivity index (χ4n) is 0.872. The number of hydrogen-bond acceptors (Lipinski definition) is 4. The molecule has 0 amide bonds. The molecule has 1 aromatic heterocycles. The van der Waals surface area contributed by atoms with Gasteiger partial charge in [-0.2, -0.15) is 0 Å². The van der Waals surface area contributed by atoms with Gasteiger partial charge in [0.25, 0.3) is 0 Å². The number of anilines is 1. The minimum absolute atomic E-state index is 0.0405. The Morgan fingerprint density at radius 3 is 3.07 bits per heavy atom. The Morgan fingerprint density at radius 2 is 2.50 bits per heavy atom. The first-order valence-corrected chi connectivity index (χ1v) is 4.56. The van der Waals surface area contributed by atoms with Crippen LogP contribution in [0.25, 0.3) is 0 Å². The van der Waals surface area contributed by atoms with Crippen molar-refractivity contribution in [3.63, 3.8) is 0 Å². The van der Waals surface area contributed by atoms with Crippen LogP contribution in [0.4, 0.5) is 11.4 Å². The van der Waals surface area contributed by atoms with E-state index in [1.54, 1.807) is 6.07 Å². The summed E-state index contributed by atoms with van der Waals surface area (Å²) in [5.41, 5.74) is 0.395. The van der Waals surface area contributed by atoms with E-state index >= 15 is 0 Å². The average molecular weight is 258 g/mol. The molecule has 0 saturated heterocycles. The topological polar surface area (TPSA) is 68.1 Å². The SMILES string of the molecule is C=C(Br)CNc1ccncc1[N+](=O)[O-]. The molecule has 0 aromatic carbocycles. The van der Waals surface area contributed by atoms with Crippen LogP contribution >= 0.6 is 15.9 Å². The number of nitrogens with one attached hydrogen (secondary N) is 1. The summed E-state index contributed by atoms with van der Waals surface area (Å²) >= 11 is 3.15. The monoisotopic (exact) mass is 257 g/mol. The van der Waals surface area contributed by atoms with Gasteiger partial charge >= 0.3 is 5.69 Å². The Balaban J connectivity index is 2.84. The molecule has 0 aliphatic carbocycles. The van der Waals surface area contributed by atoms with Crippen molar-refractivity contribution in [1.82, 2.24) is 4.98 Å². The molecule has 1 N–H and O–H groups in total. The molecule has 0 fully saturated rings. The van der Waals surface area contributed by atoms with E-state index < -0.39 is 4.92 Å². The van der Waals surface area contributed by atoms with Crippen LogP contribution in [-0.4, -0.2) is 16.5 Å². The Labute approximate surface area is 89.1 Å². The second kappa shape index (κ2) is 4.71. The lowest BCUT2D eigenvalue weighted by Crippen LogP contribution is -2.03. The van der Waals surface area contributed by atoms with Crippen molar-refractivity contribution in [2.45, 2.75) is 0 Å². The number of aromatic nitrogens is 1. The largest absolute Gasteiger partial charge is 0.375 e. The number of nitrogens with zero attached hydrogens (tertiary/aromatic N) is 2. The molecular weight excluding hydrogens is 250 g/mol. The van der Waals surface area contributed by atoms with Gasteiger partial charge in [0.15, 0.2) is 0 Å². The van der Waals surface area contributed by atoms with E-state index in [0.29, 0.717) is 12.2 Å². The predicted octanol–water partition coefficient (Wildman–Crippen LogP) is 2.31. The van der Waals surface area contributed by atoms with Gasteiger partial charge in [-0.05, 0) is 6.07 Å². The van der Waals surface area contributed by atoms with Gasteiger partial charge in [-0.1, -0.05) is 22.5 Å². The molecule has 5 nitrogen and oxygen atoms in total. The highest BCUT2D eigenvalue weighted by Crippen LogP contribution is 2.22. The zero-order valence-corrected chi connectivity index (χ0v) is 8.82. The fourth-order valence-corrected chi connectivity index (χ4v) is 1.01. The Kier molecular flexibility index (Phi) is 3.58. The van der Waals surface area contributed by atoms with Gasteiger partial charge in [0, 0.05) is 17.2 Å². The second-order valence-electron chi connectivity index (χ2n) is 2.52. The molecule has 0 aliphatic heterocycles. The number of pyridine rings is 1. The highest BCUT2D eigenvalue weighted by molar-refractivity contribution is 9.11. The van der Waals surface area contributed by atoms with E-state index in [1.807, 2.05) is 0 Å². The van der Waals surface area contributed by atoms with E-state index in [1.165, 1.54) is 12.4 Å². The molecule has 1 rings (SSSR count). The first kappa shape index (κ1) is 10.6. The third kappa shape index (κ3) is 2.81. The molecule has 1 heterocycles. The Hall–Kier alpha value is -1.43. The summed E-state index contributed by atoms with van der Waals surface area (Å²) in [6.45, 7) is 4.05. The van der Waals surface area contributed by atoms with Crippen molar-refractivity contribution in [2.75, 3.05) is 11.9 Å². The van der Waals surface area contributed by atoms with E-state index in [2.05, 4.69) is 32.8 Å². The number of halogens is 1. The normalized spacial score (nSPS) is 9.50. The zero-order valence-electron chi connectivity index (χ0n) is 7.24. The van der Waals surface area contributed by atoms with Gasteiger partial charge in [-0.15, -0.1) is 0 Å². The molecule has 0 aliphatic rings. The molecule has 0 bridgehead atoms. The van der Waals surface area contributed by atoms with Crippen molar-refractivity contribution in [3.8, 4) is 0 Å². The lowest BCUT2D eigenvalue weighted by atomic mass is 10.3. The third-order valence-electron chi connectivity index (χ3n) is 1.47. The predicted molar refractivity (Wildman–Crippen MR) is 57.4 cm³/mol. The number of hydrogen-bond donors (Lipinski definition) is 1. The minimum Gasteiger partial charge on any atom is -0.375 e. The van der Waals surface area contributed by atoms with Crippen LogP contribution in [-0.2, 0) is 0 Å². The van der Waals surface area contributed by atoms with E-state index in [9.17, 15) is 10.1 Å². The van der Waals surface area contributed by atoms with Crippen LogP contribution in [0.5, 0.6) is 0 Å².